The Morgan fingerprint density at radius 3 is 1.00 bits per heavy atom. The topological polar surface area (TPSA) is 31.5 Å². The molecular formula is CH6NbOTi. The van der Waals surface area contributed by atoms with Crippen LogP contribution in [0.2, 0.25) is 0 Å². The molecule has 0 spiro atoms. The van der Waals surface area contributed by atoms with Gasteiger partial charge in [-0.3, -0.25) is 0 Å². The first-order chi connectivity index (χ1) is 0. The van der Waals surface area contributed by atoms with E-state index < -0.39 is 0 Å². The molecule has 1 nitrogen and oxygen atoms in total. The normalized spacial score (nSPS) is 0. The Kier molecular flexibility index (Phi) is 339. The third kappa shape index (κ3) is 9.95. The standard InChI is InChI=1S/CH4.Nb.H2O.Ti/h1H4;;1H2;. The fraction of sp³-hybridized carbons (Fsp3) is 1.00. The second-order valence-electron chi connectivity index (χ2n) is 0. The van der Waals surface area contributed by atoms with Gasteiger partial charge >= 0.3 is 0 Å². The Labute approximate surface area is 56.9 Å². The molecule has 0 rings (SSSR count). The second kappa shape index (κ2) is 25.7. The summed E-state index contributed by atoms with van der Waals surface area (Å²) >= 11 is 0. The second-order valence-corrected chi connectivity index (χ2v) is 0. The van der Waals surface area contributed by atoms with Crippen molar-refractivity contribution in [1.29, 1.82) is 0 Å². The molecule has 0 bridgehead atoms. The Balaban J connectivity index is 0. The van der Waals surface area contributed by atoms with Crippen LogP contribution in [0.15, 0.2) is 0 Å². The first-order valence-corrected chi connectivity index (χ1v) is 0. The zero-order chi connectivity index (χ0) is 0. The molecule has 0 heterocycles. The van der Waals surface area contributed by atoms with Crippen molar-refractivity contribution < 1.29 is 49.6 Å². The summed E-state index contributed by atoms with van der Waals surface area (Å²) in [5.41, 5.74) is 0. The molecule has 4 heavy (non-hydrogen) atoms. The summed E-state index contributed by atoms with van der Waals surface area (Å²) in [5.74, 6) is 0. The first kappa shape index (κ1) is 52.7. The van der Waals surface area contributed by atoms with E-state index in [9.17, 15) is 0 Å². The van der Waals surface area contributed by atoms with Crippen LogP contribution in [0.3, 0.4) is 0 Å². The third-order valence-electron chi connectivity index (χ3n) is 0. The maximum atomic E-state index is 0. The molecule has 0 aliphatic rings. The maximum Gasteiger partial charge on any atom is 0 e. The van der Waals surface area contributed by atoms with E-state index in [0.29, 0.717) is 0 Å². The number of hydrogen-bond donors (Lipinski definition) is 0. The molecule has 0 fully saturated rings. The molecule has 1 radical (unpaired) electrons. The van der Waals surface area contributed by atoms with Crippen LogP contribution in [0.25, 0.3) is 0 Å². The fourth-order valence-electron chi connectivity index (χ4n) is 0. The van der Waals surface area contributed by atoms with Gasteiger partial charge in [0.25, 0.3) is 0 Å². The van der Waals surface area contributed by atoms with Gasteiger partial charge in [0, 0.05) is 44.1 Å². The molecule has 0 saturated carbocycles. The average Bonchev–Trinajstić information content (AvgIpc) is 0. The molecule has 0 atom stereocenters. The monoisotopic (exact) mass is 175 g/mol. The van der Waals surface area contributed by atoms with Gasteiger partial charge < -0.3 is 5.48 Å². The molecule has 25 valence electrons. The molecule has 0 aromatic rings. The molecule has 0 aliphatic carbocycles. The predicted octanol–water partition coefficient (Wildman–Crippen LogP) is -0.194. The van der Waals surface area contributed by atoms with Crippen molar-refractivity contribution in [1.82, 2.24) is 0 Å². The van der Waals surface area contributed by atoms with E-state index in [-0.39, 0.29) is 57.0 Å². The quantitative estimate of drug-likeness (QED) is 0.456. The largest absolute Gasteiger partial charge is 0.412 e. The zero-order valence-corrected chi connectivity index (χ0v) is 5.21. The minimum atomic E-state index is 0. The van der Waals surface area contributed by atoms with Gasteiger partial charge in [-0.1, -0.05) is 7.43 Å². The van der Waals surface area contributed by atoms with Gasteiger partial charge in [-0.15, -0.1) is 0 Å². The minimum absolute atomic E-state index is 0. The zero-order valence-electron chi connectivity index (χ0n) is 1.45. The molecule has 0 aromatic carbocycles. The number of rotatable bonds is 0. The summed E-state index contributed by atoms with van der Waals surface area (Å²) in [6, 6.07) is 0. The van der Waals surface area contributed by atoms with Crippen molar-refractivity contribution in [3.05, 3.63) is 0 Å². The van der Waals surface area contributed by atoms with Gasteiger partial charge in [0.2, 0.25) is 0 Å². The van der Waals surface area contributed by atoms with Gasteiger partial charge in [0.05, 0.1) is 0 Å². The van der Waals surface area contributed by atoms with E-state index in [2.05, 4.69) is 0 Å². The van der Waals surface area contributed by atoms with Crippen molar-refractivity contribution >= 4 is 0 Å². The Bertz CT molecular complexity index is 8.00. The Hall–Kier alpha value is 1.41. The molecule has 0 amide bonds. The molecule has 0 saturated heterocycles. The van der Waals surface area contributed by atoms with Crippen molar-refractivity contribution in [2.24, 2.45) is 0 Å². The first-order valence-electron chi connectivity index (χ1n) is 0. The van der Waals surface area contributed by atoms with Crippen molar-refractivity contribution in [2.45, 2.75) is 7.43 Å². The van der Waals surface area contributed by atoms with Crippen molar-refractivity contribution in [3.8, 4) is 0 Å². The van der Waals surface area contributed by atoms with Gasteiger partial charge in [0.1, 0.15) is 0 Å². The maximum absolute atomic E-state index is 0. The van der Waals surface area contributed by atoms with E-state index >= 15 is 0 Å². The van der Waals surface area contributed by atoms with E-state index in [1.165, 1.54) is 0 Å². The van der Waals surface area contributed by atoms with Crippen LogP contribution in [0.1, 0.15) is 7.43 Å². The summed E-state index contributed by atoms with van der Waals surface area (Å²) in [4.78, 5) is 0. The average molecular weight is 175 g/mol. The van der Waals surface area contributed by atoms with Gasteiger partial charge in [0.15, 0.2) is 0 Å². The van der Waals surface area contributed by atoms with E-state index in [0.717, 1.165) is 0 Å². The SMILES string of the molecule is C.O.[Nb].[Ti]. The Morgan fingerprint density at radius 1 is 1.00 bits per heavy atom. The minimum Gasteiger partial charge on any atom is -0.412 e. The van der Waals surface area contributed by atoms with E-state index in [1.807, 2.05) is 0 Å². The molecular weight excluding hydrogens is 169 g/mol. The van der Waals surface area contributed by atoms with Crippen molar-refractivity contribution in [3.63, 3.8) is 0 Å². The van der Waals surface area contributed by atoms with Gasteiger partial charge in [-0.25, -0.2) is 0 Å². The van der Waals surface area contributed by atoms with Crippen LogP contribution >= 0.6 is 0 Å². The summed E-state index contributed by atoms with van der Waals surface area (Å²) < 4.78 is 0. The molecule has 0 aromatic heterocycles. The van der Waals surface area contributed by atoms with E-state index in [4.69, 9.17) is 0 Å². The van der Waals surface area contributed by atoms with Crippen LogP contribution < -0.4 is 0 Å². The summed E-state index contributed by atoms with van der Waals surface area (Å²) in [6.07, 6.45) is 0. The molecule has 2 N–H and O–H groups in total. The Morgan fingerprint density at radius 2 is 1.00 bits per heavy atom. The summed E-state index contributed by atoms with van der Waals surface area (Å²) in [6.45, 7) is 0. The van der Waals surface area contributed by atoms with Crippen LogP contribution in [-0.2, 0) is 44.1 Å². The molecule has 0 unspecified atom stereocenters. The van der Waals surface area contributed by atoms with Crippen LogP contribution in [0.5, 0.6) is 0 Å². The van der Waals surface area contributed by atoms with E-state index in [1.54, 1.807) is 0 Å². The van der Waals surface area contributed by atoms with Gasteiger partial charge in [-0.2, -0.15) is 0 Å². The predicted molar refractivity (Wildman–Crippen MR) is 10.3 cm³/mol. The summed E-state index contributed by atoms with van der Waals surface area (Å²) in [7, 11) is 0. The van der Waals surface area contributed by atoms with Gasteiger partial charge in [-0.05, 0) is 0 Å². The van der Waals surface area contributed by atoms with Crippen molar-refractivity contribution in [2.75, 3.05) is 0 Å². The number of hydrogen-bond acceptors (Lipinski definition) is 0. The third-order valence-corrected chi connectivity index (χ3v) is 0. The molecule has 0 aliphatic heterocycles. The fourth-order valence-corrected chi connectivity index (χ4v) is 0. The summed E-state index contributed by atoms with van der Waals surface area (Å²) in [5, 5.41) is 0. The molecule has 3 heteroatoms. The van der Waals surface area contributed by atoms with Crippen LogP contribution in [0.4, 0.5) is 0 Å². The van der Waals surface area contributed by atoms with Crippen LogP contribution in [0, 0.1) is 0 Å². The van der Waals surface area contributed by atoms with Crippen LogP contribution in [-0.4, -0.2) is 5.48 Å². The smallest absolute Gasteiger partial charge is 0 e.